The average Bonchev–Trinajstić information content (AvgIpc) is 2.97. The number of aromatic amines is 1. The van der Waals surface area contributed by atoms with Crippen LogP contribution in [-0.4, -0.2) is 10.6 Å². The number of H-pyrrole nitrogens is 1. The minimum Gasteiger partial charge on any atom is -0.370 e. The molecule has 0 atom stereocenters. The van der Waals surface area contributed by atoms with E-state index in [-0.39, 0.29) is 11.2 Å². The highest BCUT2D eigenvalue weighted by molar-refractivity contribution is 5.36. The van der Waals surface area contributed by atoms with Crippen LogP contribution in [0.4, 0.5) is 0 Å². The second-order valence-corrected chi connectivity index (χ2v) is 5.55. The van der Waals surface area contributed by atoms with Crippen molar-refractivity contribution >= 4 is 0 Å². The van der Waals surface area contributed by atoms with E-state index in [4.69, 9.17) is 4.74 Å². The summed E-state index contributed by atoms with van der Waals surface area (Å²) in [5, 5.41) is 0. The van der Waals surface area contributed by atoms with Crippen molar-refractivity contribution in [1.29, 1.82) is 0 Å². The van der Waals surface area contributed by atoms with Crippen LogP contribution < -0.4 is 5.56 Å². The van der Waals surface area contributed by atoms with E-state index < -0.39 is 0 Å². The highest BCUT2D eigenvalue weighted by Crippen LogP contribution is 2.42. The average molecular weight is 219 g/mol. The molecule has 0 spiro atoms. The van der Waals surface area contributed by atoms with Crippen molar-refractivity contribution in [3.8, 4) is 0 Å². The molecule has 1 fully saturated rings. The Labute approximate surface area is 94.8 Å². The minimum atomic E-state index is -0.137. The zero-order valence-electron chi connectivity index (χ0n) is 9.80. The molecule has 2 aliphatic rings. The number of fused-ring (bicyclic) bond motifs is 1. The van der Waals surface area contributed by atoms with Gasteiger partial charge in [-0.1, -0.05) is 0 Å². The van der Waals surface area contributed by atoms with Gasteiger partial charge in [0.25, 0.3) is 0 Å². The van der Waals surface area contributed by atoms with Gasteiger partial charge in [-0.25, -0.2) is 0 Å². The maximum atomic E-state index is 11.6. The summed E-state index contributed by atoms with van der Waals surface area (Å²) < 4.78 is 5.83. The van der Waals surface area contributed by atoms with E-state index in [1.54, 1.807) is 6.07 Å². The number of rotatable bonds is 1. The Kier molecular flexibility index (Phi) is 2.02. The predicted molar refractivity (Wildman–Crippen MR) is 61.6 cm³/mol. The van der Waals surface area contributed by atoms with Crippen molar-refractivity contribution in [2.75, 3.05) is 0 Å². The standard InChI is InChI=1S/C13H17NO2/c1-13(2)6-9-5-11(15)14-12(8-3-4-8)10(9)7-16-13/h5,8H,3-4,6-7H2,1-2H3,(H,14,15). The van der Waals surface area contributed by atoms with Crippen molar-refractivity contribution in [2.45, 2.75) is 51.2 Å². The number of hydrogen-bond donors (Lipinski definition) is 1. The second kappa shape index (κ2) is 3.20. The summed E-state index contributed by atoms with van der Waals surface area (Å²) in [5.41, 5.74) is 3.46. The summed E-state index contributed by atoms with van der Waals surface area (Å²) >= 11 is 0. The molecule has 16 heavy (non-hydrogen) atoms. The van der Waals surface area contributed by atoms with E-state index in [1.807, 2.05) is 0 Å². The molecule has 0 bridgehead atoms. The van der Waals surface area contributed by atoms with Crippen LogP contribution in [0, 0.1) is 0 Å². The first-order chi connectivity index (χ1) is 7.55. The molecule has 1 aromatic heterocycles. The zero-order valence-corrected chi connectivity index (χ0v) is 9.80. The Bertz CT molecular complexity index is 483. The first kappa shape index (κ1) is 10.1. The fourth-order valence-electron chi connectivity index (χ4n) is 2.49. The van der Waals surface area contributed by atoms with Crippen LogP contribution >= 0.6 is 0 Å². The molecule has 0 unspecified atom stereocenters. The van der Waals surface area contributed by atoms with Crippen molar-refractivity contribution in [3.63, 3.8) is 0 Å². The summed E-state index contributed by atoms with van der Waals surface area (Å²) in [6.07, 6.45) is 3.25. The number of nitrogens with one attached hydrogen (secondary N) is 1. The fourth-order valence-corrected chi connectivity index (χ4v) is 2.49. The monoisotopic (exact) mass is 219 g/mol. The number of pyridine rings is 1. The van der Waals surface area contributed by atoms with Crippen LogP contribution in [-0.2, 0) is 17.8 Å². The largest absolute Gasteiger partial charge is 0.370 e. The van der Waals surface area contributed by atoms with Crippen LogP contribution in [0.25, 0.3) is 0 Å². The molecule has 0 radical (unpaired) electrons. The number of ether oxygens (including phenoxy) is 1. The third kappa shape index (κ3) is 1.69. The highest BCUT2D eigenvalue weighted by Gasteiger charge is 2.33. The lowest BCUT2D eigenvalue weighted by molar-refractivity contribution is -0.0407. The summed E-state index contributed by atoms with van der Waals surface area (Å²) in [5.74, 6) is 0.576. The van der Waals surface area contributed by atoms with Gasteiger partial charge < -0.3 is 9.72 Å². The smallest absolute Gasteiger partial charge is 0.248 e. The first-order valence-electron chi connectivity index (χ1n) is 5.94. The lowest BCUT2D eigenvalue weighted by atomic mass is 9.90. The Morgan fingerprint density at radius 1 is 1.44 bits per heavy atom. The normalized spacial score (nSPS) is 22.9. The molecule has 1 N–H and O–H groups in total. The molecule has 1 aliphatic heterocycles. The lowest BCUT2D eigenvalue weighted by Gasteiger charge is -2.32. The van der Waals surface area contributed by atoms with Gasteiger partial charge in [0, 0.05) is 23.7 Å². The van der Waals surface area contributed by atoms with Gasteiger partial charge in [0.1, 0.15) is 0 Å². The van der Waals surface area contributed by atoms with Gasteiger partial charge in [-0.05, 0) is 38.2 Å². The Morgan fingerprint density at radius 2 is 2.19 bits per heavy atom. The van der Waals surface area contributed by atoms with Crippen LogP contribution in [0.5, 0.6) is 0 Å². The van der Waals surface area contributed by atoms with Crippen LogP contribution in [0.2, 0.25) is 0 Å². The molecule has 0 saturated heterocycles. The zero-order chi connectivity index (χ0) is 11.3. The molecular weight excluding hydrogens is 202 g/mol. The van der Waals surface area contributed by atoms with Crippen LogP contribution in [0.1, 0.15) is 49.4 Å². The van der Waals surface area contributed by atoms with E-state index in [1.165, 1.54) is 24.0 Å². The molecular formula is C13H17NO2. The van der Waals surface area contributed by atoms with Crippen molar-refractivity contribution in [2.24, 2.45) is 0 Å². The summed E-state index contributed by atoms with van der Waals surface area (Å²) in [6, 6.07) is 1.74. The van der Waals surface area contributed by atoms with Crippen LogP contribution in [0.15, 0.2) is 10.9 Å². The Balaban J connectivity index is 2.10. The van der Waals surface area contributed by atoms with E-state index in [9.17, 15) is 4.79 Å². The van der Waals surface area contributed by atoms with Crippen molar-refractivity contribution in [3.05, 3.63) is 33.2 Å². The Hall–Kier alpha value is -1.09. The molecule has 0 aromatic carbocycles. The van der Waals surface area contributed by atoms with Gasteiger partial charge >= 0.3 is 0 Å². The van der Waals surface area contributed by atoms with Crippen molar-refractivity contribution < 1.29 is 4.74 Å². The van der Waals surface area contributed by atoms with Gasteiger partial charge in [-0.2, -0.15) is 0 Å². The quantitative estimate of drug-likeness (QED) is 0.786. The third-order valence-corrected chi connectivity index (χ3v) is 3.48. The molecule has 3 nitrogen and oxygen atoms in total. The molecule has 3 heteroatoms. The van der Waals surface area contributed by atoms with Gasteiger partial charge in [0.05, 0.1) is 12.2 Å². The summed E-state index contributed by atoms with van der Waals surface area (Å²) in [4.78, 5) is 14.6. The second-order valence-electron chi connectivity index (χ2n) is 5.55. The van der Waals surface area contributed by atoms with E-state index in [0.717, 1.165) is 12.1 Å². The van der Waals surface area contributed by atoms with E-state index in [2.05, 4.69) is 18.8 Å². The molecule has 86 valence electrons. The molecule has 1 saturated carbocycles. The van der Waals surface area contributed by atoms with Gasteiger partial charge in [-0.3, -0.25) is 4.79 Å². The van der Waals surface area contributed by atoms with E-state index >= 15 is 0 Å². The van der Waals surface area contributed by atoms with Crippen LogP contribution in [0.3, 0.4) is 0 Å². The van der Waals surface area contributed by atoms with Gasteiger partial charge in [0.2, 0.25) is 5.56 Å². The first-order valence-corrected chi connectivity index (χ1v) is 5.94. The molecule has 3 rings (SSSR count). The maximum Gasteiger partial charge on any atom is 0.248 e. The topological polar surface area (TPSA) is 42.1 Å². The predicted octanol–water partition coefficient (Wildman–Crippen LogP) is 2.10. The van der Waals surface area contributed by atoms with Crippen molar-refractivity contribution in [1.82, 2.24) is 4.98 Å². The maximum absolute atomic E-state index is 11.6. The molecule has 1 aromatic rings. The van der Waals surface area contributed by atoms with Gasteiger partial charge in [0.15, 0.2) is 0 Å². The van der Waals surface area contributed by atoms with E-state index in [0.29, 0.717) is 12.5 Å². The lowest BCUT2D eigenvalue weighted by Crippen LogP contribution is -2.33. The molecule has 2 heterocycles. The van der Waals surface area contributed by atoms with Gasteiger partial charge in [-0.15, -0.1) is 0 Å². The summed E-state index contributed by atoms with van der Waals surface area (Å²) in [7, 11) is 0. The fraction of sp³-hybridized carbons (Fsp3) is 0.615. The molecule has 0 amide bonds. The highest BCUT2D eigenvalue weighted by atomic mass is 16.5. The third-order valence-electron chi connectivity index (χ3n) is 3.48. The number of aromatic nitrogens is 1. The molecule has 1 aliphatic carbocycles. The SMILES string of the molecule is CC1(C)Cc2cc(=O)[nH]c(C3CC3)c2CO1. The number of hydrogen-bond acceptors (Lipinski definition) is 2. The Morgan fingerprint density at radius 3 is 2.88 bits per heavy atom. The summed E-state index contributed by atoms with van der Waals surface area (Å²) in [6.45, 7) is 4.80. The minimum absolute atomic E-state index is 0.0401.